The molecule has 1 atom stereocenters. The fourth-order valence-corrected chi connectivity index (χ4v) is 3.41. The fraction of sp³-hybridized carbons (Fsp3) is 0.800. The van der Waals surface area contributed by atoms with Gasteiger partial charge in [-0.05, 0) is 32.1 Å². The Labute approximate surface area is 103 Å². The number of halogens is 1. The van der Waals surface area contributed by atoms with E-state index in [1.54, 1.807) is 11.3 Å². The number of hydrogen-bond acceptors (Lipinski definition) is 4. The van der Waals surface area contributed by atoms with E-state index in [1.165, 1.54) is 19.3 Å². The van der Waals surface area contributed by atoms with Gasteiger partial charge in [0.25, 0.3) is 0 Å². The summed E-state index contributed by atoms with van der Waals surface area (Å²) < 4.78 is 0. The van der Waals surface area contributed by atoms with E-state index < -0.39 is 0 Å². The molecule has 0 aromatic carbocycles. The Hall–Kier alpha value is -0.160. The molecular formula is C10H16BrN3S. The Balaban J connectivity index is 1.98. The third-order valence-electron chi connectivity index (χ3n) is 2.82. The molecule has 0 N–H and O–H groups in total. The van der Waals surface area contributed by atoms with Gasteiger partial charge in [-0.3, -0.25) is 0 Å². The summed E-state index contributed by atoms with van der Waals surface area (Å²) in [4.78, 5) is 2.39. The van der Waals surface area contributed by atoms with Gasteiger partial charge in [0.2, 0.25) is 5.13 Å². The number of nitrogens with zero attached hydrogens (tertiary/aromatic N) is 3. The zero-order valence-corrected chi connectivity index (χ0v) is 11.4. The Bertz CT molecular complexity index is 313. The second-order valence-corrected chi connectivity index (χ2v) is 5.99. The van der Waals surface area contributed by atoms with E-state index in [2.05, 4.69) is 31.0 Å². The van der Waals surface area contributed by atoms with Crippen LogP contribution >= 0.6 is 27.3 Å². The van der Waals surface area contributed by atoms with Gasteiger partial charge in [0, 0.05) is 18.4 Å². The molecule has 15 heavy (non-hydrogen) atoms. The van der Waals surface area contributed by atoms with Crippen molar-refractivity contribution in [1.29, 1.82) is 0 Å². The van der Waals surface area contributed by atoms with Gasteiger partial charge in [-0.2, -0.15) is 0 Å². The van der Waals surface area contributed by atoms with Gasteiger partial charge in [-0.15, -0.1) is 10.2 Å². The number of alkyl halides is 1. The lowest BCUT2D eigenvalue weighted by molar-refractivity contribution is 0.407. The van der Waals surface area contributed by atoms with Crippen LogP contribution in [0.25, 0.3) is 0 Å². The Kier molecular flexibility index (Phi) is 3.97. The summed E-state index contributed by atoms with van der Waals surface area (Å²) in [6.45, 7) is 4.31. The standard InChI is InChI=1S/C10H16BrN3S/c1-8-12-13-10(15-8)14-6-2-3-9(7-14)4-5-11/h9H,2-7H2,1H3. The molecule has 84 valence electrons. The maximum atomic E-state index is 4.22. The minimum absolute atomic E-state index is 0.822. The average Bonchev–Trinajstić information content (AvgIpc) is 2.66. The van der Waals surface area contributed by atoms with Crippen molar-refractivity contribution in [2.24, 2.45) is 5.92 Å². The van der Waals surface area contributed by atoms with Crippen molar-refractivity contribution in [3.8, 4) is 0 Å². The lowest BCUT2D eigenvalue weighted by Gasteiger charge is -2.31. The third kappa shape index (κ3) is 2.91. The van der Waals surface area contributed by atoms with Crippen LogP contribution in [0.2, 0.25) is 0 Å². The van der Waals surface area contributed by atoms with Gasteiger partial charge in [-0.25, -0.2) is 0 Å². The van der Waals surface area contributed by atoms with Crippen molar-refractivity contribution < 1.29 is 0 Å². The molecule has 0 aliphatic carbocycles. The highest BCUT2D eigenvalue weighted by atomic mass is 79.9. The number of piperidine rings is 1. The van der Waals surface area contributed by atoms with Crippen LogP contribution in [0.4, 0.5) is 5.13 Å². The molecule has 1 unspecified atom stereocenters. The van der Waals surface area contributed by atoms with E-state index >= 15 is 0 Å². The molecule has 0 saturated carbocycles. The predicted octanol–water partition coefficient (Wildman–Crippen LogP) is 2.85. The van der Waals surface area contributed by atoms with Crippen LogP contribution in [0.3, 0.4) is 0 Å². The first-order valence-corrected chi connectivity index (χ1v) is 7.34. The van der Waals surface area contributed by atoms with Gasteiger partial charge >= 0.3 is 0 Å². The zero-order chi connectivity index (χ0) is 10.7. The van der Waals surface area contributed by atoms with Crippen molar-refractivity contribution in [1.82, 2.24) is 10.2 Å². The zero-order valence-electron chi connectivity index (χ0n) is 8.95. The molecule has 1 aliphatic rings. The van der Waals surface area contributed by atoms with Crippen LogP contribution in [0.1, 0.15) is 24.3 Å². The van der Waals surface area contributed by atoms with Crippen molar-refractivity contribution in [2.45, 2.75) is 26.2 Å². The molecule has 1 saturated heterocycles. The van der Waals surface area contributed by atoms with Crippen molar-refractivity contribution >= 4 is 32.4 Å². The molecule has 0 radical (unpaired) electrons. The molecule has 5 heteroatoms. The van der Waals surface area contributed by atoms with Gasteiger partial charge in [-0.1, -0.05) is 27.3 Å². The maximum Gasteiger partial charge on any atom is 0.208 e. The van der Waals surface area contributed by atoms with Crippen molar-refractivity contribution in [2.75, 3.05) is 23.3 Å². The van der Waals surface area contributed by atoms with Gasteiger partial charge in [0.05, 0.1) is 0 Å². The highest BCUT2D eigenvalue weighted by Crippen LogP contribution is 2.27. The molecule has 1 aromatic heterocycles. The molecule has 2 heterocycles. The maximum absolute atomic E-state index is 4.22. The first-order chi connectivity index (χ1) is 7.29. The molecule has 1 aliphatic heterocycles. The number of aryl methyl sites for hydroxylation is 1. The van der Waals surface area contributed by atoms with E-state index in [4.69, 9.17) is 0 Å². The molecular weight excluding hydrogens is 274 g/mol. The molecule has 1 fully saturated rings. The first kappa shape index (κ1) is 11.3. The largest absolute Gasteiger partial charge is 0.346 e. The van der Waals surface area contributed by atoms with E-state index in [-0.39, 0.29) is 0 Å². The summed E-state index contributed by atoms with van der Waals surface area (Å²) in [7, 11) is 0. The summed E-state index contributed by atoms with van der Waals surface area (Å²) in [5.41, 5.74) is 0. The normalized spacial score (nSPS) is 22.0. The van der Waals surface area contributed by atoms with E-state index in [1.807, 2.05) is 6.92 Å². The SMILES string of the molecule is Cc1nnc(N2CCCC(CCBr)C2)s1. The van der Waals surface area contributed by atoms with Crippen LogP contribution in [0.5, 0.6) is 0 Å². The van der Waals surface area contributed by atoms with Gasteiger partial charge < -0.3 is 4.90 Å². The van der Waals surface area contributed by atoms with Crippen LogP contribution in [0, 0.1) is 12.8 Å². The summed E-state index contributed by atoms with van der Waals surface area (Å²) in [5, 5.41) is 11.6. The fourth-order valence-electron chi connectivity index (χ4n) is 2.04. The monoisotopic (exact) mass is 289 g/mol. The predicted molar refractivity (Wildman–Crippen MR) is 68.0 cm³/mol. The molecule has 3 nitrogen and oxygen atoms in total. The minimum Gasteiger partial charge on any atom is -0.346 e. The molecule has 0 bridgehead atoms. The highest BCUT2D eigenvalue weighted by molar-refractivity contribution is 9.09. The first-order valence-electron chi connectivity index (χ1n) is 5.40. The quantitative estimate of drug-likeness (QED) is 0.802. The summed E-state index contributed by atoms with van der Waals surface area (Å²) in [6, 6.07) is 0. The van der Waals surface area contributed by atoms with Crippen LogP contribution in [-0.4, -0.2) is 28.6 Å². The second kappa shape index (κ2) is 5.25. The second-order valence-electron chi connectivity index (χ2n) is 4.04. The lowest BCUT2D eigenvalue weighted by Crippen LogP contribution is -2.35. The highest BCUT2D eigenvalue weighted by Gasteiger charge is 2.21. The number of rotatable bonds is 3. The van der Waals surface area contributed by atoms with Crippen LogP contribution in [0.15, 0.2) is 0 Å². The number of aromatic nitrogens is 2. The third-order valence-corrected chi connectivity index (χ3v) is 4.18. The molecule has 2 rings (SSSR count). The Morgan fingerprint density at radius 1 is 1.53 bits per heavy atom. The van der Waals surface area contributed by atoms with Gasteiger partial charge in [0.15, 0.2) is 0 Å². The van der Waals surface area contributed by atoms with Crippen molar-refractivity contribution in [3.63, 3.8) is 0 Å². The Morgan fingerprint density at radius 2 is 2.40 bits per heavy atom. The van der Waals surface area contributed by atoms with Crippen LogP contribution in [-0.2, 0) is 0 Å². The van der Waals surface area contributed by atoms with E-state index in [0.29, 0.717) is 0 Å². The molecule has 0 spiro atoms. The van der Waals surface area contributed by atoms with Crippen LogP contribution < -0.4 is 4.90 Å². The number of hydrogen-bond donors (Lipinski definition) is 0. The van der Waals surface area contributed by atoms with E-state index in [9.17, 15) is 0 Å². The van der Waals surface area contributed by atoms with Crippen molar-refractivity contribution in [3.05, 3.63) is 5.01 Å². The molecule has 0 amide bonds. The smallest absolute Gasteiger partial charge is 0.208 e. The van der Waals surface area contributed by atoms with Gasteiger partial charge in [0.1, 0.15) is 5.01 Å². The van der Waals surface area contributed by atoms with E-state index in [0.717, 1.165) is 34.5 Å². The summed E-state index contributed by atoms with van der Waals surface area (Å²) in [6.07, 6.45) is 3.92. The lowest BCUT2D eigenvalue weighted by atomic mass is 9.96. The minimum atomic E-state index is 0.822. The number of anilines is 1. The summed E-state index contributed by atoms with van der Waals surface area (Å²) >= 11 is 5.23. The topological polar surface area (TPSA) is 29.0 Å². The average molecular weight is 290 g/mol. The molecule has 1 aromatic rings. The summed E-state index contributed by atoms with van der Waals surface area (Å²) in [5.74, 6) is 0.822. The Morgan fingerprint density at radius 3 is 3.07 bits per heavy atom.